The summed E-state index contributed by atoms with van der Waals surface area (Å²) in [6.07, 6.45) is 3.78. The van der Waals surface area contributed by atoms with Crippen molar-refractivity contribution in [3.8, 4) is 5.69 Å². The largest absolute Gasteiger partial charge is 0.399 e. The first-order chi connectivity index (χ1) is 14.7. The first-order valence-corrected chi connectivity index (χ1v) is 13.3. The van der Waals surface area contributed by atoms with Gasteiger partial charge in [0.15, 0.2) is 5.82 Å². The fourth-order valence-corrected chi connectivity index (χ4v) is 3.89. The average molecular weight is 526 g/mol. The van der Waals surface area contributed by atoms with E-state index in [9.17, 15) is 0 Å². The number of hydrogen-bond acceptors (Lipinski definition) is 5. The zero-order chi connectivity index (χ0) is 20.9. The molecule has 1 aromatic heterocycles. The van der Waals surface area contributed by atoms with Crippen LogP contribution in [0.1, 0.15) is 5.56 Å². The molecule has 0 aliphatic heterocycles. The first-order valence-electron chi connectivity index (χ1n) is 9.22. The monoisotopic (exact) mass is 526 g/mol. The molecule has 0 aliphatic carbocycles. The van der Waals surface area contributed by atoms with E-state index in [1.807, 2.05) is 83.7 Å². The van der Waals surface area contributed by atoms with E-state index in [4.69, 9.17) is 16.2 Å². The number of fused-ring (bicyclic) bond motifs is 1. The van der Waals surface area contributed by atoms with Gasteiger partial charge in [0.25, 0.3) is 0 Å². The molecule has 5 N–H and O–H groups in total. The van der Waals surface area contributed by atoms with Crippen LogP contribution in [0.25, 0.3) is 22.2 Å². The highest BCUT2D eigenvalue weighted by Crippen LogP contribution is 2.29. The predicted octanol–water partition coefficient (Wildman–Crippen LogP) is 5.87. The summed E-state index contributed by atoms with van der Waals surface area (Å²) in [6.45, 7) is 0. The Morgan fingerprint density at radius 3 is 2.60 bits per heavy atom. The topological polar surface area (TPSA) is 91.8 Å². The second-order valence-corrected chi connectivity index (χ2v) is 8.65. The van der Waals surface area contributed by atoms with Crippen molar-refractivity contribution >= 4 is 68.3 Å². The van der Waals surface area contributed by atoms with E-state index in [0.29, 0.717) is 12.1 Å². The molecule has 0 bridgehead atoms. The van der Waals surface area contributed by atoms with Crippen LogP contribution >= 0.6 is 28.4 Å². The van der Waals surface area contributed by atoms with Crippen LogP contribution in [0.5, 0.6) is 0 Å². The summed E-state index contributed by atoms with van der Waals surface area (Å²) in [4.78, 5) is 0. The zero-order valence-corrected chi connectivity index (χ0v) is 19.1. The number of nitrogens with two attached hydrogens (primary N) is 1. The number of aromatic nitrogens is 2. The van der Waals surface area contributed by atoms with E-state index in [-0.39, 0.29) is 0 Å². The highest BCUT2D eigenvalue weighted by atomic mass is 127. The van der Waals surface area contributed by atoms with Crippen molar-refractivity contribution in [2.75, 3.05) is 11.1 Å². The number of halogens is 1. The second-order valence-electron chi connectivity index (χ2n) is 6.56. The normalized spacial score (nSPS) is 11.8. The lowest BCUT2D eigenvalue weighted by Crippen LogP contribution is -1.99. The number of rotatable bonds is 7. The maximum absolute atomic E-state index is 7.63. The minimum Gasteiger partial charge on any atom is -0.399 e. The summed E-state index contributed by atoms with van der Waals surface area (Å²) in [6, 6.07) is 23.8. The Balaban J connectivity index is 1.67. The van der Waals surface area contributed by atoms with Gasteiger partial charge in [0.05, 0.1) is 11.2 Å². The SMILES string of the molecule is N=C/C(=C\NPI)c1ccc(Nc2nn(-c3cccc(N)c3)c3ccccc23)cc1. The van der Waals surface area contributed by atoms with Crippen molar-refractivity contribution in [1.82, 2.24) is 14.9 Å². The first kappa shape index (κ1) is 20.4. The zero-order valence-electron chi connectivity index (χ0n) is 15.9. The molecule has 4 rings (SSSR count). The van der Waals surface area contributed by atoms with Crippen LogP contribution in [-0.4, -0.2) is 16.0 Å². The van der Waals surface area contributed by atoms with Crippen LogP contribution in [0, 0.1) is 5.41 Å². The van der Waals surface area contributed by atoms with Crippen LogP contribution in [0.15, 0.2) is 79.0 Å². The number of hydrogen-bond donors (Lipinski definition) is 4. The Morgan fingerprint density at radius 2 is 1.87 bits per heavy atom. The molecule has 6 nitrogen and oxygen atoms in total. The van der Waals surface area contributed by atoms with Crippen molar-refractivity contribution in [3.63, 3.8) is 0 Å². The van der Waals surface area contributed by atoms with Gasteiger partial charge in [-0.25, -0.2) is 4.68 Å². The Morgan fingerprint density at radius 1 is 1.07 bits per heavy atom. The molecule has 4 aromatic rings. The van der Waals surface area contributed by atoms with Gasteiger partial charge in [0.1, 0.15) is 0 Å². The molecule has 0 fully saturated rings. The summed E-state index contributed by atoms with van der Waals surface area (Å²) < 4.78 is 1.90. The molecule has 0 saturated carbocycles. The minimum absolute atomic E-state index is 0.567. The van der Waals surface area contributed by atoms with Crippen molar-refractivity contribution in [1.29, 1.82) is 5.41 Å². The van der Waals surface area contributed by atoms with Crippen LogP contribution in [0.2, 0.25) is 0 Å². The number of para-hydroxylation sites is 1. The summed E-state index contributed by atoms with van der Waals surface area (Å²) in [5.74, 6) is 0.774. The molecule has 8 heteroatoms. The van der Waals surface area contributed by atoms with Crippen molar-refractivity contribution in [2.45, 2.75) is 0 Å². The van der Waals surface area contributed by atoms with Gasteiger partial charge in [0.2, 0.25) is 0 Å². The summed E-state index contributed by atoms with van der Waals surface area (Å²) >= 11 is 2.26. The molecular weight excluding hydrogens is 506 g/mol. The van der Waals surface area contributed by atoms with Crippen molar-refractivity contribution in [3.05, 3.63) is 84.6 Å². The van der Waals surface area contributed by atoms with Gasteiger partial charge >= 0.3 is 0 Å². The van der Waals surface area contributed by atoms with Crippen molar-refractivity contribution < 1.29 is 0 Å². The number of benzene rings is 3. The number of nitrogens with zero attached hydrogens (tertiary/aromatic N) is 2. The number of anilines is 3. The molecule has 3 aromatic carbocycles. The fourth-order valence-electron chi connectivity index (χ4n) is 3.21. The van der Waals surface area contributed by atoms with Gasteiger partial charge in [-0.15, -0.1) is 5.10 Å². The lowest BCUT2D eigenvalue weighted by molar-refractivity contribution is 0.915. The fraction of sp³-hybridized carbons (Fsp3) is 0. The van der Waals surface area contributed by atoms with E-state index in [0.717, 1.165) is 39.2 Å². The molecule has 0 saturated heterocycles. The molecule has 0 aliphatic rings. The molecule has 1 unspecified atom stereocenters. The third kappa shape index (κ3) is 4.32. The van der Waals surface area contributed by atoms with E-state index in [1.54, 1.807) is 0 Å². The van der Waals surface area contributed by atoms with E-state index < -0.39 is 0 Å². The summed E-state index contributed by atoms with van der Waals surface area (Å²) in [5, 5.41) is 20.0. The third-order valence-electron chi connectivity index (χ3n) is 4.62. The Kier molecular flexibility index (Phi) is 6.30. The van der Waals surface area contributed by atoms with Gasteiger partial charge in [-0.3, -0.25) is 0 Å². The number of allylic oxidation sites excluding steroid dienone is 1. The van der Waals surface area contributed by atoms with Crippen molar-refractivity contribution in [2.24, 2.45) is 0 Å². The predicted molar refractivity (Wildman–Crippen MR) is 137 cm³/mol. The van der Waals surface area contributed by atoms with Gasteiger partial charge in [-0.05, 0) is 70.1 Å². The summed E-state index contributed by atoms with van der Waals surface area (Å²) in [7, 11) is 0. The molecule has 0 radical (unpaired) electrons. The molecule has 0 amide bonds. The lowest BCUT2D eigenvalue weighted by atomic mass is 10.1. The highest BCUT2D eigenvalue weighted by Gasteiger charge is 2.12. The Bertz CT molecular complexity index is 1220. The van der Waals surface area contributed by atoms with Gasteiger partial charge in [-0.1, -0.05) is 30.3 Å². The summed E-state index contributed by atoms with van der Waals surface area (Å²) in [5.41, 5.74) is 11.3. The number of nitrogen functional groups attached to an aromatic ring is 1. The smallest absolute Gasteiger partial charge is 0.160 e. The van der Waals surface area contributed by atoms with Crippen LogP contribution < -0.4 is 16.1 Å². The van der Waals surface area contributed by atoms with Gasteiger partial charge in [-0.2, -0.15) is 0 Å². The quantitative estimate of drug-likeness (QED) is 0.105. The van der Waals surface area contributed by atoms with Gasteiger partial charge < -0.3 is 21.5 Å². The second kappa shape index (κ2) is 9.28. The lowest BCUT2D eigenvalue weighted by Gasteiger charge is -2.07. The highest BCUT2D eigenvalue weighted by molar-refractivity contribution is 14.2. The Hall–Kier alpha value is -2.90. The van der Waals surface area contributed by atoms with E-state index in [2.05, 4.69) is 32.4 Å². The van der Waals surface area contributed by atoms with Crippen LogP contribution in [0.4, 0.5) is 17.2 Å². The number of nitrogens with one attached hydrogen (secondary N) is 3. The third-order valence-corrected chi connectivity index (χ3v) is 5.81. The maximum atomic E-state index is 7.63. The Labute approximate surface area is 189 Å². The van der Waals surface area contributed by atoms with Gasteiger partial charge in [0, 0.05) is 41.1 Å². The molecule has 150 valence electrons. The molecule has 30 heavy (non-hydrogen) atoms. The average Bonchev–Trinajstić information content (AvgIpc) is 3.14. The van der Waals surface area contributed by atoms with E-state index in [1.165, 1.54) is 6.21 Å². The standard InChI is InChI=1S/C22H20IN6P/c23-30-26-14-16(13-24)15-8-10-18(11-9-15)27-22-20-6-1-2-7-21(20)29(28-22)19-5-3-4-17(25)12-19/h1-14,24,26,30H,25H2,(H,27,28)/b16-14+,24-13?. The van der Waals surface area contributed by atoms with E-state index >= 15 is 0 Å². The molecular formula is C22H20IN6P. The maximum Gasteiger partial charge on any atom is 0.160 e. The van der Waals surface area contributed by atoms with Crippen LogP contribution in [-0.2, 0) is 0 Å². The molecule has 1 heterocycles. The molecule has 0 spiro atoms. The minimum atomic E-state index is 0.567. The molecule has 1 atom stereocenters. The van der Waals surface area contributed by atoms with Crippen LogP contribution in [0.3, 0.4) is 0 Å².